The topological polar surface area (TPSA) is 88.2 Å². The smallest absolute Gasteiger partial charge is 0.261 e. The van der Waals surface area contributed by atoms with Crippen LogP contribution in [0.2, 0.25) is 0 Å². The van der Waals surface area contributed by atoms with Gasteiger partial charge in [0.15, 0.2) is 5.13 Å². The molecule has 1 atom stereocenters. The number of aromatic nitrogens is 1. The summed E-state index contributed by atoms with van der Waals surface area (Å²) < 4.78 is 0. The van der Waals surface area contributed by atoms with Gasteiger partial charge in [-0.2, -0.15) is 0 Å². The molecule has 1 aromatic carbocycles. The Kier molecular flexibility index (Phi) is 3.82. The van der Waals surface area contributed by atoms with Crippen LogP contribution in [-0.4, -0.2) is 16.0 Å². The van der Waals surface area contributed by atoms with Crippen molar-refractivity contribution in [3.63, 3.8) is 0 Å². The Labute approximate surface area is 115 Å². The average molecular weight is 277 g/mol. The Morgan fingerprint density at radius 3 is 2.84 bits per heavy atom. The molecule has 0 saturated heterocycles. The van der Waals surface area contributed by atoms with Crippen molar-refractivity contribution in [3.8, 4) is 5.75 Å². The van der Waals surface area contributed by atoms with E-state index in [-0.39, 0.29) is 23.3 Å². The van der Waals surface area contributed by atoms with E-state index < -0.39 is 0 Å². The van der Waals surface area contributed by atoms with Crippen LogP contribution < -0.4 is 11.1 Å². The third kappa shape index (κ3) is 3.10. The normalized spacial score (nSPS) is 12.2. The standard InChI is InChI=1S/C13H15N3O2S/c1-7-3-4-9(11(17)5-7)12(18)16-13-15-10(6-19-13)8(2)14/h3-6,8,17H,14H2,1-2H3,(H,15,16,18). The molecule has 4 N–H and O–H groups in total. The van der Waals surface area contributed by atoms with Crippen molar-refractivity contribution >= 4 is 22.4 Å². The molecule has 0 bridgehead atoms. The Hall–Kier alpha value is -1.92. The molecule has 1 unspecified atom stereocenters. The maximum atomic E-state index is 12.0. The molecule has 1 amide bonds. The quantitative estimate of drug-likeness (QED) is 0.804. The van der Waals surface area contributed by atoms with Gasteiger partial charge in [0.05, 0.1) is 11.3 Å². The number of carbonyl (C=O) groups is 1. The molecule has 0 spiro atoms. The van der Waals surface area contributed by atoms with Gasteiger partial charge in [-0.05, 0) is 31.5 Å². The zero-order chi connectivity index (χ0) is 14.0. The van der Waals surface area contributed by atoms with E-state index >= 15 is 0 Å². The number of hydrogen-bond donors (Lipinski definition) is 3. The van der Waals surface area contributed by atoms with Gasteiger partial charge in [0.25, 0.3) is 5.91 Å². The summed E-state index contributed by atoms with van der Waals surface area (Å²) in [7, 11) is 0. The fourth-order valence-corrected chi connectivity index (χ4v) is 2.36. The first-order valence-corrected chi connectivity index (χ1v) is 6.67. The number of carbonyl (C=O) groups excluding carboxylic acids is 1. The van der Waals surface area contributed by atoms with E-state index in [0.29, 0.717) is 5.13 Å². The predicted octanol–water partition coefficient (Wildman–Crippen LogP) is 2.43. The van der Waals surface area contributed by atoms with Gasteiger partial charge in [-0.3, -0.25) is 10.1 Å². The molecule has 0 fully saturated rings. The van der Waals surface area contributed by atoms with Crippen LogP contribution >= 0.6 is 11.3 Å². The van der Waals surface area contributed by atoms with Crippen LogP contribution in [0, 0.1) is 6.92 Å². The molecule has 0 aliphatic rings. The zero-order valence-electron chi connectivity index (χ0n) is 10.7. The summed E-state index contributed by atoms with van der Waals surface area (Å²) in [6.07, 6.45) is 0. The second-order valence-electron chi connectivity index (χ2n) is 4.34. The molecule has 0 aliphatic heterocycles. The summed E-state index contributed by atoms with van der Waals surface area (Å²) in [5.41, 5.74) is 7.55. The zero-order valence-corrected chi connectivity index (χ0v) is 11.5. The van der Waals surface area contributed by atoms with Crippen molar-refractivity contribution in [1.82, 2.24) is 4.98 Å². The highest BCUT2D eigenvalue weighted by Crippen LogP contribution is 2.23. The van der Waals surface area contributed by atoms with Crippen molar-refractivity contribution in [2.45, 2.75) is 19.9 Å². The lowest BCUT2D eigenvalue weighted by molar-refractivity contribution is 0.102. The molecule has 6 heteroatoms. The first kappa shape index (κ1) is 13.5. The number of nitrogens with zero attached hydrogens (tertiary/aromatic N) is 1. The fraction of sp³-hybridized carbons (Fsp3) is 0.231. The molecular formula is C13H15N3O2S. The molecular weight excluding hydrogens is 262 g/mol. The number of nitrogens with two attached hydrogens (primary N) is 1. The summed E-state index contributed by atoms with van der Waals surface area (Å²) >= 11 is 1.31. The second kappa shape index (κ2) is 5.38. The molecule has 5 nitrogen and oxygen atoms in total. The lowest BCUT2D eigenvalue weighted by Gasteiger charge is -2.05. The minimum Gasteiger partial charge on any atom is -0.507 e. The van der Waals surface area contributed by atoms with Crippen molar-refractivity contribution in [2.75, 3.05) is 5.32 Å². The molecule has 19 heavy (non-hydrogen) atoms. The van der Waals surface area contributed by atoms with E-state index in [9.17, 15) is 9.90 Å². The maximum Gasteiger partial charge on any atom is 0.261 e. The number of amides is 1. The second-order valence-corrected chi connectivity index (χ2v) is 5.20. The summed E-state index contributed by atoms with van der Waals surface area (Å²) in [5, 5.41) is 14.7. The van der Waals surface area contributed by atoms with E-state index in [2.05, 4.69) is 10.3 Å². The van der Waals surface area contributed by atoms with Gasteiger partial charge in [0.2, 0.25) is 0 Å². The number of phenols is 1. The summed E-state index contributed by atoms with van der Waals surface area (Å²) in [5.74, 6) is -0.426. The first-order chi connectivity index (χ1) is 8.97. The lowest BCUT2D eigenvalue weighted by atomic mass is 10.1. The minimum absolute atomic E-state index is 0.0403. The van der Waals surface area contributed by atoms with Gasteiger partial charge in [-0.15, -0.1) is 11.3 Å². The third-order valence-corrected chi connectivity index (χ3v) is 3.38. The van der Waals surface area contributed by atoms with Gasteiger partial charge in [-0.1, -0.05) is 6.07 Å². The van der Waals surface area contributed by atoms with E-state index in [4.69, 9.17) is 5.73 Å². The highest BCUT2D eigenvalue weighted by atomic mass is 32.1. The third-order valence-electron chi connectivity index (χ3n) is 2.61. The van der Waals surface area contributed by atoms with Crippen LogP contribution in [0.5, 0.6) is 5.75 Å². The Balaban J connectivity index is 2.16. The number of rotatable bonds is 3. The Morgan fingerprint density at radius 1 is 1.53 bits per heavy atom. The largest absolute Gasteiger partial charge is 0.507 e. The molecule has 100 valence electrons. The Bertz CT molecular complexity index is 608. The highest BCUT2D eigenvalue weighted by Gasteiger charge is 2.13. The molecule has 0 saturated carbocycles. The van der Waals surface area contributed by atoms with Crippen LogP contribution in [0.1, 0.15) is 34.6 Å². The van der Waals surface area contributed by atoms with Crippen molar-refractivity contribution < 1.29 is 9.90 Å². The molecule has 2 aromatic rings. The highest BCUT2D eigenvalue weighted by molar-refractivity contribution is 7.14. The lowest BCUT2D eigenvalue weighted by Crippen LogP contribution is -2.12. The van der Waals surface area contributed by atoms with E-state index in [1.807, 2.05) is 13.8 Å². The molecule has 0 aliphatic carbocycles. The van der Waals surface area contributed by atoms with Crippen LogP contribution in [0.15, 0.2) is 23.6 Å². The van der Waals surface area contributed by atoms with Gasteiger partial charge < -0.3 is 10.8 Å². The monoisotopic (exact) mass is 277 g/mol. The van der Waals surface area contributed by atoms with Crippen molar-refractivity contribution in [2.24, 2.45) is 5.73 Å². The van der Waals surface area contributed by atoms with E-state index in [1.165, 1.54) is 11.3 Å². The molecule has 1 aromatic heterocycles. The molecule has 2 rings (SSSR count). The number of aryl methyl sites for hydroxylation is 1. The Morgan fingerprint density at radius 2 is 2.26 bits per heavy atom. The van der Waals surface area contributed by atoms with Gasteiger partial charge >= 0.3 is 0 Å². The van der Waals surface area contributed by atoms with Crippen molar-refractivity contribution in [1.29, 1.82) is 0 Å². The summed E-state index contributed by atoms with van der Waals surface area (Å²) in [6, 6.07) is 4.73. The van der Waals surface area contributed by atoms with Crippen molar-refractivity contribution in [3.05, 3.63) is 40.4 Å². The van der Waals surface area contributed by atoms with Gasteiger partial charge in [0, 0.05) is 11.4 Å². The molecule has 1 heterocycles. The number of benzene rings is 1. The number of hydrogen-bond acceptors (Lipinski definition) is 5. The number of nitrogens with one attached hydrogen (secondary N) is 1. The average Bonchev–Trinajstić information content (AvgIpc) is 2.77. The van der Waals surface area contributed by atoms with Crippen LogP contribution in [0.25, 0.3) is 0 Å². The predicted molar refractivity (Wildman–Crippen MR) is 75.5 cm³/mol. The fourth-order valence-electron chi connectivity index (χ4n) is 1.55. The number of phenolic OH excluding ortho intramolecular Hbond substituents is 1. The number of aromatic hydroxyl groups is 1. The van der Waals surface area contributed by atoms with Crippen LogP contribution in [0.3, 0.4) is 0 Å². The SMILES string of the molecule is Cc1ccc(C(=O)Nc2nc(C(C)N)cs2)c(O)c1. The van der Waals surface area contributed by atoms with E-state index in [0.717, 1.165) is 11.3 Å². The maximum absolute atomic E-state index is 12.0. The van der Waals surface area contributed by atoms with Gasteiger partial charge in [-0.25, -0.2) is 4.98 Å². The van der Waals surface area contributed by atoms with Gasteiger partial charge in [0.1, 0.15) is 5.75 Å². The summed E-state index contributed by atoms with van der Waals surface area (Å²) in [6.45, 7) is 3.67. The number of anilines is 1. The molecule has 0 radical (unpaired) electrons. The van der Waals surface area contributed by atoms with Crippen LogP contribution in [0.4, 0.5) is 5.13 Å². The minimum atomic E-state index is -0.386. The van der Waals surface area contributed by atoms with E-state index in [1.54, 1.807) is 23.6 Å². The van der Waals surface area contributed by atoms with Crippen LogP contribution in [-0.2, 0) is 0 Å². The first-order valence-electron chi connectivity index (χ1n) is 5.79. The number of thiazole rings is 1. The summed E-state index contributed by atoms with van der Waals surface area (Å²) in [4.78, 5) is 16.2.